The Morgan fingerprint density at radius 3 is 2.67 bits per heavy atom. The van der Waals surface area contributed by atoms with Crippen molar-refractivity contribution in [1.82, 2.24) is 5.32 Å². The largest absolute Gasteiger partial charge is 0.480 e. The molecule has 0 bridgehead atoms. The van der Waals surface area contributed by atoms with Crippen LogP contribution >= 0.6 is 0 Å². The lowest BCUT2D eigenvalue weighted by Crippen LogP contribution is -2.51. The molecule has 116 valence electrons. The Hall–Kier alpha value is -1.78. The summed E-state index contributed by atoms with van der Waals surface area (Å²) in [7, 11) is 0. The predicted molar refractivity (Wildman–Crippen MR) is 78.0 cm³/mol. The lowest BCUT2D eigenvalue weighted by molar-refractivity contribution is -0.147. The molecule has 5 heteroatoms. The molecule has 1 heterocycles. The second-order valence-corrected chi connectivity index (χ2v) is 6.16. The number of carboxylic acids is 1. The van der Waals surface area contributed by atoms with Crippen molar-refractivity contribution in [3.05, 3.63) is 23.7 Å². The highest BCUT2D eigenvalue weighted by Crippen LogP contribution is 2.47. The molecule has 1 saturated carbocycles. The molecule has 0 radical (unpaired) electrons. The number of carbonyl (C=O) groups excluding carboxylic acids is 1. The minimum absolute atomic E-state index is 0.232. The van der Waals surface area contributed by atoms with Gasteiger partial charge < -0.3 is 14.8 Å². The minimum Gasteiger partial charge on any atom is -0.480 e. The number of hydrogen-bond acceptors (Lipinski definition) is 3. The van der Waals surface area contributed by atoms with Crippen LogP contribution in [0.15, 0.2) is 16.5 Å². The Morgan fingerprint density at radius 2 is 2.14 bits per heavy atom. The highest BCUT2D eigenvalue weighted by molar-refractivity contribution is 5.86. The zero-order chi connectivity index (χ0) is 15.6. The number of rotatable bonds is 7. The summed E-state index contributed by atoms with van der Waals surface area (Å²) < 4.78 is 5.74. The Bertz CT molecular complexity index is 536. The summed E-state index contributed by atoms with van der Waals surface area (Å²) in [6.45, 7) is 5.45. The molecule has 5 nitrogen and oxygen atoms in total. The fraction of sp³-hybridized carbons (Fsp3) is 0.625. The van der Waals surface area contributed by atoms with Crippen molar-refractivity contribution in [2.24, 2.45) is 5.92 Å². The number of aliphatic carboxylic acids is 1. The van der Waals surface area contributed by atoms with Crippen molar-refractivity contribution >= 4 is 11.9 Å². The number of furan rings is 1. The van der Waals surface area contributed by atoms with Gasteiger partial charge in [0.2, 0.25) is 5.91 Å². The summed E-state index contributed by atoms with van der Waals surface area (Å²) in [6, 6.07) is 3.89. The van der Waals surface area contributed by atoms with Crippen LogP contribution in [0, 0.1) is 5.92 Å². The number of nitrogens with one attached hydrogen (secondary N) is 1. The maximum absolute atomic E-state index is 11.9. The summed E-state index contributed by atoms with van der Waals surface area (Å²) >= 11 is 0. The van der Waals surface area contributed by atoms with Crippen LogP contribution in [0.3, 0.4) is 0 Å². The molecule has 3 unspecified atom stereocenters. The van der Waals surface area contributed by atoms with Gasteiger partial charge in [-0.25, -0.2) is 4.79 Å². The van der Waals surface area contributed by atoms with Crippen LogP contribution < -0.4 is 5.32 Å². The maximum atomic E-state index is 11.9. The minimum atomic E-state index is -1.20. The average molecular weight is 293 g/mol. The number of carbonyl (C=O) groups is 2. The molecule has 1 fully saturated rings. The van der Waals surface area contributed by atoms with E-state index in [1.54, 1.807) is 6.92 Å². The number of amides is 1. The van der Waals surface area contributed by atoms with Crippen LogP contribution in [-0.4, -0.2) is 22.5 Å². The summed E-state index contributed by atoms with van der Waals surface area (Å²) in [5, 5.41) is 11.7. The molecule has 3 atom stereocenters. The predicted octanol–water partition coefficient (Wildman–Crippen LogP) is 2.71. The molecule has 21 heavy (non-hydrogen) atoms. The van der Waals surface area contributed by atoms with E-state index in [1.807, 2.05) is 12.1 Å². The van der Waals surface area contributed by atoms with Gasteiger partial charge in [0, 0.05) is 18.8 Å². The Kier molecular flexibility index (Phi) is 4.40. The van der Waals surface area contributed by atoms with Gasteiger partial charge >= 0.3 is 5.97 Å². The fourth-order valence-corrected chi connectivity index (χ4v) is 2.35. The fourth-order valence-electron chi connectivity index (χ4n) is 2.35. The summed E-state index contributed by atoms with van der Waals surface area (Å²) in [5.41, 5.74) is -1.20. The highest BCUT2D eigenvalue weighted by Gasteiger charge is 2.36. The van der Waals surface area contributed by atoms with Gasteiger partial charge in [-0.1, -0.05) is 13.8 Å². The number of hydrogen-bond donors (Lipinski definition) is 2. The van der Waals surface area contributed by atoms with Gasteiger partial charge in [0.05, 0.1) is 0 Å². The molecule has 0 spiro atoms. The van der Waals surface area contributed by atoms with Gasteiger partial charge in [-0.2, -0.15) is 0 Å². The van der Waals surface area contributed by atoms with Gasteiger partial charge in [-0.05, 0) is 37.8 Å². The van der Waals surface area contributed by atoms with Crippen molar-refractivity contribution in [2.45, 2.75) is 57.9 Å². The average Bonchev–Trinajstić information content (AvgIpc) is 2.99. The zero-order valence-electron chi connectivity index (χ0n) is 12.8. The van der Waals surface area contributed by atoms with Crippen LogP contribution in [0.1, 0.15) is 57.5 Å². The van der Waals surface area contributed by atoms with Gasteiger partial charge in [-0.15, -0.1) is 0 Å². The molecule has 1 amide bonds. The lowest BCUT2D eigenvalue weighted by Gasteiger charge is -2.24. The molecule has 0 aliphatic heterocycles. The summed E-state index contributed by atoms with van der Waals surface area (Å²) in [6.07, 6.45) is 2.24. The van der Waals surface area contributed by atoms with E-state index >= 15 is 0 Å². The first-order valence-electron chi connectivity index (χ1n) is 7.48. The number of aryl methyl sites for hydroxylation is 1. The van der Waals surface area contributed by atoms with Crippen LogP contribution in [0.25, 0.3) is 0 Å². The Morgan fingerprint density at radius 1 is 1.48 bits per heavy atom. The van der Waals surface area contributed by atoms with Crippen molar-refractivity contribution in [3.63, 3.8) is 0 Å². The van der Waals surface area contributed by atoms with E-state index in [0.29, 0.717) is 24.7 Å². The van der Waals surface area contributed by atoms with Crippen LogP contribution in [0.4, 0.5) is 0 Å². The molecule has 0 aromatic carbocycles. The summed E-state index contributed by atoms with van der Waals surface area (Å²) in [5.74, 6) is 1.73. The van der Waals surface area contributed by atoms with E-state index in [2.05, 4.69) is 12.2 Å². The van der Waals surface area contributed by atoms with E-state index in [1.165, 1.54) is 13.3 Å². The molecule has 1 aromatic heterocycles. The zero-order valence-corrected chi connectivity index (χ0v) is 12.8. The monoisotopic (exact) mass is 293 g/mol. The van der Waals surface area contributed by atoms with Crippen molar-refractivity contribution in [1.29, 1.82) is 0 Å². The Labute approximate surface area is 124 Å². The van der Waals surface area contributed by atoms with Crippen molar-refractivity contribution in [2.75, 3.05) is 0 Å². The molecule has 1 aromatic rings. The molecule has 2 N–H and O–H groups in total. The van der Waals surface area contributed by atoms with E-state index in [9.17, 15) is 9.59 Å². The van der Waals surface area contributed by atoms with Gasteiger partial charge in [0.1, 0.15) is 17.1 Å². The first kappa shape index (κ1) is 15.6. The lowest BCUT2D eigenvalue weighted by atomic mass is 9.99. The highest BCUT2D eigenvalue weighted by atomic mass is 16.4. The molecule has 1 aliphatic rings. The second kappa shape index (κ2) is 5.92. The molecule has 0 saturated heterocycles. The van der Waals surface area contributed by atoms with E-state index < -0.39 is 11.5 Å². The summed E-state index contributed by atoms with van der Waals surface area (Å²) in [4.78, 5) is 23.0. The number of carboxylic acid groups (broad SMARTS) is 1. The Balaban J connectivity index is 1.83. The van der Waals surface area contributed by atoms with Gasteiger partial charge in [-0.3, -0.25) is 4.79 Å². The first-order valence-corrected chi connectivity index (χ1v) is 7.48. The third-order valence-electron chi connectivity index (χ3n) is 4.35. The third kappa shape index (κ3) is 3.65. The molecular weight excluding hydrogens is 270 g/mol. The third-order valence-corrected chi connectivity index (χ3v) is 4.35. The van der Waals surface area contributed by atoms with Crippen LogP contribution in [0.5, 0.6) is 0 Å². The smallest absolute Gasteiger partial charge is 0.329 e. The standard InChI is InChI=1S/C16H23NO4/c1-4-16(3,15(19)20)17-14(18)8-6-11-5-7-13(21-11)12-9-10(12)2/h5,7,10,12H,4,6,8-9H2,1-3H3,(H,17,18)(H,19,20). The van der Waals surface area contributed by atoms with E-state index in [0.717, 1.165) is 11.5 Å². The quantitative estimate of drug-likeness (QED) is 0.810. The second-order valence-electron chi connectivity index (χ2n) is 6.16. The topological polar surface area (TPSA) is 79.5 Å². The van der Waals surface area contributed by atoms with E-state index in [4.69, 9.17) is 9.52 Å². The van der Waals surface area contributed by atoms with E-state index in [-0.39, 0.29) is 12.3 Å². The maximum Gasteiger partial charge on any atom is 0.329 e. The first-order chi connectivity index (χ1) is 9.85. The normalized spacial score (nSPS) is 23.4. The van der Waals surface area contributed by atoms with Crippen LogP contribution in [0.2, 0.25) is 0 Å². The molecular formula is C16H23NO4. The SMILES string of the molecule is CCC(C)(NC(=O)CCc1ccc(C2CC2C)o1)C(=O)O. The van der Waals surface area contributed by atoms with Crippen LogP contribution in [-0.2, 0) is 16.0 Å². The molecule has 1 aliphatic carbocycles. The van der Waals surface area contributed by atoms with Crippen molar-refractivity contribution < 1.29 is 19.1 Å². The molecule has 2 rings (SSSR count). The van der Waals surface area contributed by atoms with Gasteiger partial charge in [0.25, 0.3) is 0 Å². The van der Waals surface area contributed by atoms with Crippen molar-refractivity contribution in [3.8, 4) is 0 Å². The van der Waals surface area contributed by atoms with Gasteiger partial charge in [0.15, 0.2) is 0 Å².